The molecule has 2 aromatic rings. The molecule has 5 nitrogen and oxygen atoms in total. The van der Waals surface area contributed by atoms with Crippen molar-refractivity contribution >= 4 is 5.69 Å². The number of nitrogens with zero attached hydrogens (tertiary/aromatic N) is 2. The normalized spacial score (nSPS) is 25.4. The van der Waals surface area contributed by atoms with Crippen LogP contribution in [0.15, 0.2) is 48.5 Å². The van der Waals surface area contributed by atoms with E-state index in [9.17, 15) is 10.1 Å². The Morgan fingerprint density at radius 3 is 2.04 bits per heavy atom. The van der Waals surface area contributed by atoms with E-state index in [4.69, 9.17) is 4.74 Å². The molecule has 0 aliphatic carbocycles. The Bertz CT molecular complexity index is 719. The van der Waals surface area contributed by atoms with Crippen LogP contribution in [0, 0.1) is 16.0 Å². The van der Waals surface area contributed by atoms with Crippen molar-refractivity contribution < 1.29 is 9.66 Å². The summed E-state index contributed by atoms with van der Waals surface area (Å²) in [5, 5.41) is 10.7. The molecule has 0 aromatic heterocycles. The van der Waals surface area contributed by atoms with Gasteiger partial charge in [-0.05, 0) is 67.2 Å². The van der Waals surface area contributed by atoms with Crippen LogP contribution in [0.2, 0.25) is 0 Å². The molecule has 1 atom stereocenters. The lowest BCUT2D eigenvalue weighted by Gasteiger charge is -2.44. The molecule has 3 heterocycles. The minimum atomic E-state index is -0.380. The molecule has 0 saturated carbocycles. The highest BCUT2D eigenvalue weighted by Crippen LogP contribution is 2.31. The highest BCUT2D eigenvalue weighted by atomic mass is 16.6. The van der Waals surface area contributed by atoms with Gasteiger partial charge in [-0.25, -0.2) is 0 Å². The van der Waals surface area contributed by atoms with Crippen LogP contribution >= 0.6 is 0 Å². The molecule has 0 amide bonds. The van der Waals surface area contributed by atoms with Gasteiger partial charge in [0.1, 0.15) is 11.9 Å². The topological polar surface area (TPSA) is 55.6 Å². The van der Waals surface area contributed by atoms with Crippen LogP contribution in [-0.4, -0.2) is 35.6 Å². The van der Waals surface area contributed by atoms with Crippen LogP contribution in [0.3, 0.4) is 0 Å². The first kappa shape index (κ1) is 15.1. The van der Waals surface area contributed by atoms with Crippen LogP contribution < -0.4 is 4.74 Å². The Labute approximate surface area is 141 Å². The largest absolute Gasteiger partial charge is 0.489 e. The molecule has 5 heteroatoms. The number of hydrogen-bond acceptors (Lipinski definition) is 4. The van der Waals surface area contributed by atoms with E-state index in [0.29, 0.717) is 12.0 Å². The van der Waals surface area contributed by atoms with Gasteiger partial charge in [-0.15, -0.1) is 0 Å². The summed E-state index contributed by atoms with van der Waals surface area (Å²) < 4.78 is 6.20. The number of piperidine rings is 3. The smallest absolute Gasteiger partial charge is 0.269 e. The monoisotopic (exact) mass is 324 g/mol. The van der Waals surface area contributed by atoms with Crippen LogP contribution in [-0.2, 0) is 0 Å². The predicted octanol–water partition coefficient (Wildman–Crippen LogP) is 3.73. The van der Waals surface area contributed by atoms with E-state index in [1.54, 1.807) is 12.1 Å². The summed E-state index contributed by atoms with van der Waals surface area (Å²) in [5.74, 6) is 1.59. The Balaban J connectivity index is 1.45. The van der Waals surface area contributed by atoms with E-state index in [-0.39, 0.29) is 10.6 Å². The standard InChI is InChI=1S/C19H20N2O3/c22-21(23)17-5-1-14(2-6-17)15-3-7-18(8-4-15)24-19-13-20-11-9-16(19)10-12-20/h1-8,16,19H,9-13H2/t19-/m1/s1. The number of ether oxygens (including phenoxy) is 1. The van der Waals surface area contributed by atoms with Gasteiger partial charge in [0.25, 0.3) is 5.69 Å². The first-order valence-electron chi connectivity index (χ1n) is 8.43. The highest BCUT2D eigenvalue weighted by molar-refractivity contribution is 5.65. The maximum Gasteiger partial charge on any atom is 0.269 e. The van der Waals surface area contributed by atoms with Crippen LogP contribution in [0.4, 0.5) is 5.69 Å². The third-order valence-electron chi connectivity index (χ3n) is 5.15. The minimum Gasteiger partial charge on any atom is -0.489 e. The molecule has 3 aliphatic rings. The van der Waals surface area contributed by atoms with Crippen molar-refractivity contribution in [2.45, 2.75) is 18.9 Å². The first-order chi connectivity index (χ1) is 11.7. The van der Waals surface area contributed by atoms with Crippen molar-refractivity contribution in [2.75, 3.05) is 19.6 Å². The third-order valence-corrected chi connectivity index (χ3v) is 5.15. The van der Waals surface area contributed by atoms with Gasteiger partial charge in [0.05, 0.1) is 4.92 Å². The van der Waals surface area contributed by atoms with E-state index in [1.807, 2.05) is 24.3 Å². The molecular weight excluding hydrogens is 304 g/mol. The van der Waals surface area contributed by atoms with Gasteiger partial charge in [0.15, 0.2) is 0 Å². The maximum absolute atomic E-state index is 10.7. The van der Waals surface area contributed by atoms with Gasteiger partial charge in [0, 0.05) is 18.7 Å². The third kappa shape index (κ3) is 2.99. The van der Waals surface area contributed by atoms with Gasteiger partial charge in [0.2, 0.25) is 0 Å². The van der Waals surface area contributed by atoms with Gasteiger partial charge in [-0.1, -0.05) is 12.1 Å². The summed E-state index contributed by atoms with van der Waals surface area (Å²) in [4.78, 5) is 12.8. The Morgan fingerprint density at radius 1 is 0.958 bits per heavy atom. The summed E-state index contributed by atoms with van der Waals surface area (Å²) in [7, 11) is 0. The van der Waals surface area contributed by atoms with E-state index in [2.05, 4.69) is 4.90 Å². The van der Waals surface area contributed by atoms with E-state index >= 15 is 0 Å². The average Bonchev–Trinajstić information content (AvgIpc) is 2.63. The zero-order chi connectivity index (χ0) is 16.5. The molecule has 2 bridgehead atoms. The van der Waals surface area contributed by atoms with E-state index < -0.39 is 0 Å². The van der Waals surface area contributed by atoms with Crippen molar-refractivity contribution in [2.24, 2.45) is 5.92 Å². The summed E-state index contributed by atoms with van der Waals surface area (Å²) >= 11 is 0. The number of hydrogen-bond donors (Lipinski definition) is 0. The van der Waals surface area contributed by atoms with E-state index in [0.717, 1.165) is 23.4 Å². The second-order valence-corrected chi connectivity index (χ2v) is 6.62. The van der Waals surface area contributed by atoms with Crippen molar-refractivity contribution in [3.63, 3.8) is 0 Å². The molecule has 3 saturated heterocycles. The highest BCUT2D eigenvalue weighted by Gasteiger charge is 2.35. The fraction of sp³-hybridized carbons (Fsp3) is 0.368. The van der Waals surface area contributed by atoms with Crippen molar-refractivity contribution in [3.05, 3.63) is 58.6 Å². The first-order valence-corrected chi connectivity index (χ1v) is 8.43. The van der Waals surface area contributed by atoms with Gasteiger partial charge in [-0.3, -0.25) is 15.0 Å². The number of benzene rings is 2. The molecule has 3 aliphatic heterocycles. The molecule has 24 heavy (non-hydrogen) atoms. The number of nitro benzene ring substituents is 1. The fourth-order valence-corrected chi connectivity index (χ4v) is 3.72. The molecule has 0 N–H and O–H groups in total. The zero-order valence-corrected chi connectivity index (χ0v) is 13.4. The van der Waals surface area contributed by atoms with Gasteiger partial charge >= 0.3 is 0 Å². The SMILES string of the molecule is O=[N+]([O-])c1ccc(-c2ccc(O[C@@H]3CN4CCC3CC4)cc2)cc1. The second-order valence-electron chi connectivity index (χ2n) is 6.62. The number of rotatable bonds is 4. The number of non-ortho nitro benzene ring substituents is 1. The lowest BCUT2D eigenvalue weighted by atomic mass is 9.86. The quantitative estimate of drug-likeness (QED) is 0.635. The van der Waals surface area contributed by atoms with Crippen LogP contribution in [0.5, 0.6) is 5.75 Å². The molecule has 0 spiro atoms. The molecule has 0 radical (unpaired) electrons. The molecular formula is C19H20N2O3. The predicted molar refractivity (Wildman–Crippen MR) is 92.1 cm³/mol. The van der Waals surface area contributed by atoms with E-state index in [1.165, 1.54) is 38.1 Å². The second kappa shape index (κ2) is 6.24. The lowest BCUT2D eigenvalue weighted by molar-refractivity contribution is -0.384. The molecule has 5 rings (SSSR count). The Kier molecular flexibility index (Phi) is 3.94. The molecule has 3 fully saturated rings. The summed E-state index contributed by atoms with van der Waals surface area (Å²) in [6, 6.07) is 14.6. The average molecular weight is 324 g/mol. The summed E-state index contributed by atoms with van der Waals surface area (Å²) in [5.41, 5.74) is 2.11. The molecule has 0 unspecified atom stereocenters. The van der Waals surface area contributed by atoms with Crippen molar-refractivity contribution in [1.82, 2.24) is 4.90 Å². The van der Waals surface area contributed by atoms with Crippen molar-refractivity contribution in [3.8, 4) is 16.9 Å². The lowest BCUT2D eigenvalue weighted by Crippen LogP contribution is -2.52. The number of nitro groups is 1. The molecule has 124 valence electrons. The Hall–Kier alpha value is -2.40. The Morgan fingerprint density at radius 2 is 1.54 bits per heavy atom. The van der Waals surface area contributed by atoms with Gasteiger partial charge in [-0.2, -0.15) is 0 Å². The van der Waals surface area contributed by atoms with Crippen LogP contribution in [0.1, 0.15) is 12.8 Å². The molecule has 2 aromatic carbocycles. The maximum atomic E-state index is 10.7. The number of fused-ring (bicyclic) bond motifs is 3. The van der Waals surface area contributed by atoms with Crippen LogP contribution in [0.25, 0.3) is 11.1 Å². The van der Waals surface area contributed by atoms with Gasteiger partial charge < -0.3 is 4.74 Å². The minimum absolute atomic E-state index is 0.112. The summed E-state index contributed by atoms with van der Waals surface area (Å²) in [6.07, 6.45) is 2.79. The van der Waals surface area contributed by atoms with Crippen molar-refractivity contribution in [1.29, 1.82) is 0 Å². The summed E-state index contributed by atoms with van der Waals surface area (Å²) in [6.45, 7) is 3.46. The fourth-order valence-electron chi connectivity index (χ4n) is 3.72. The zero-order valence-electron chi connectivity index (χ0n) is 13.4.